The number of nitrogens with zero attached hydrogens (tertiary/aromatic N) is 3. The Balaban J connectivity index is 1.07. The first kappa shape index (κ1) is 37.2. The third-order valence-corrected chi connectivity index (χ3v) is 13.7. The molecule has 2 aliphatic rings. The van der Waals surface area contributed by atoms with E-state index >= 15 is 0 Å². The second-order valence-corrected chi connectivity index (χ2v) is 17.9. The van der Waals surface area contributed by atoms with E-state index in [2.05, 4.69) is 247 Å². The van der Waals surface area contributed by atoms with Gasteiger partial charge in [-0.1, -0.05) is 148 Å². The highest BCUT2D eigenvalue weighted by atomic mass is 15.2. The van der Waals surface area contributed by atoms with E-state index in [9.17, 15) is 0 Å². The lowest BCUT2D eigenvalue weighted by molar-refractivity contribution is 0.630. The van der Waals surface area contributed by atoms with E-state index in [0.29, 0.717) is 5.92 Å². The predicted molar refractivity (Wildman–Crippen MR) is 267 cm³/mol. The molecule has 0 bridgehead atoms. The summed E-state index contributed by atoms with van der Waals surface area (Å²) >= 11 is 0. The molecule has 0 amide bonds. The van der Waals surface area contributed by atoms with Gasteiger partial charge in [-0.3, -0.25) is 0 Å². The minimum Gasteiger partial charge on any atom is -0.314 e. The van der Waals surface area contributed by atoms with Gasteiger partial charge in [-0.05, 0) is 141 Å². The summed E-state index contributed by atoms with van der Waals surface area (Å²) in [6, 6.07) is 76.0. The maximum Gasteiger partial charge on any atom is 0.0583 e. The molecule has 12 rings (SSSR count). The van der Waals surface area contributed by atoms with E-state index in [-0.39, 0.29) is 5.41 Å². The normalized spacial score (nSPS) is 14.9. The molecule has 2 heterocycles. The first-order valence-electron chi connectivity index (χ1n) is 22.2. The maximum absolute atomic E-state index is 2.56. The summed E-state index contributed by atoms with van der Waals surface area (Å²) in [6.45, 7) is 7.19. The molecule has 0 fully saturated rings. The fraction of sp³-hybridized carbons (Fsp3) is 0.100. The minimum atomic E-state index is -0.243. The van der Waals surface area contributed by atoms with E-state index in [1.165, 1.54) is 88.7 Å². The van der Waals surface area contributed by atoms with Crippen LogP contribution in [-0.2, 0) is 5.41 Å². The Hall–Kier alpha value is -7.62. The van der Waals surface area contributed by atoms with Crippen molar-refractivity contribution < 1.29 is 0 Å². The standard InChI is InChI=1S/C60H47N3/c1-40-34-50(36-45-18-12-13-23-52(40)45)62(49-32-28-41-16-10-11-17-43(41)35-49)51-38-54-53-37-44(29-33-57(53)63-58-25-15-14-24-55(58)60(2,3)56(39-51)59(54)63)42-26-30-48(31-27-42)61(46-19-6-4-7-20-46)47-21-8-5-9-22-47/h4-33,35-40H,34H2,1-3H3. The van der Waals surface area contributed by atoms with Crippen molar-refractivity contribution in [3.8, 4) is 16.8 Å². The summed E-state index contributed by atoms with van der Waals surface area (Å²) in [4.78, 5) is 4.88. The monoisotopic (exact) mass is 809 g/mol. The highest BCUT2D eigenvalue weighted by molar-refractivity contribution is 6.14. The second kappa shape index (κ2) is 14.5. The third-order valence-electron chi connectivity index (χ3n) is 13.7. The Morgan fingerprint density at radius 1 is 0.476 bits per heavy atom. The maximum atomic E-state index is 2.56. The van der Waals surface area contributed by atoms with Gasteiger partial charge in [0.15, 0.2) is 0 Å². The van der Waals surface area contributed by atoms with Crippen LogP contribution >= 0.6 is 0 Å². The van der Waals surface area contributed by atoms with Gasteiger partial charge in [-0.25, -0.2) is 0 Å². The van der Waals surface area contributed by atoms with Crippen molar-refractivity contribution in [2.75, 3.05) is 9.80 Å². The Labute approximate surface area is 369 Å². The molecule has 9 aromatic carbocycles. The van der Waals surface area contributed by atoms with Gasteiger partial charge in [0.2, 0.25) is 0 Å². The molecule has 1 aliphatic carbocycles. The average molecular weight is 810 g/mol. The van der Waals surface area contributed by atoms with Crippen LogP contribution in [0.15, 0.2) is 212 Å². The molecular formula is C60H47N3. The number of benzene rings is 9. The van der Waals surface area contributed by atoms with Crippen LogP contribution in [0, 0.1) is 0 Å². The number of anilines is 5. The molecule has 1 aromatic heterocycles. The Morgan fingerprint density at radius 2 is 1.11 bits per heavy atom. The molecule has 0 radical (unpaired) electrons. The SMILES string of the molecule is CC1CC(N(c2ccc3ccccc3c2)c2cc3c4c(c2)c2cc(-c5ccc(N(c6ccccc6)c6ccccc6)cc5)ccc2n4-c2ccccc2C3(C)C)=Cc2ccccc21. The molecule has 3 nitrogen and oxygen atoms in total. The van der Waals surface area contributed by atoms with E-state index in [1.807, 2.05) is 0 Å². The highest BCUT2D eigenvalue weighted by Crippen LogP contribution is 2.51. The molecular weight excluding hydrogens is 763 g/mol. The van der Waals surface area contributed by atoms with Crippen molar-refractivity contribution in [3.63, 3.8) is 0 Å². The van der Waals surface area contributed by atoms with Crippen LogP contribution in [0.2, 0.25) is 0 Å². The number of fused-ring (bicyclic) bond motifs is 7. The lowest BCUT2D eigenvalue weighted by Crippen LogP contribution is -2.27. The molecule has 0 spiro atoms. The Bertz CT molecular complexity index is 3370. The Kier molecular flexibility index (Phi) is 8.55. The topological polar surface area (TPSA) is 11.4 Å². The summed E-state index contributed by atoms with van der Waals surface area (Å²) in [7, 11) is 0. The average Bonchev–Trinajstić information content (AvgIpc) is 3.65. The molecule has 1 unspecified atom stereocenters. The minimum absolute atomic E-state index is 0.243. The fourth-order valence-electron chi connectivity index (χ4n) is 10.6. The molecule has 0 saturated carbocycles. The van der Waals surface area contributed by atoms with Gasteiger partial charge in [0.05, 0.1) is 16.7 Å². The zero-order chi connectivity index (χ0) is 42.2. The van der Waals surface area contributed by atoms with Gasteiger partial charge in [-0.2, -0.15) is 0 Å². The van der Waals surface area contributed by atoms with Crippen molar-refractivity contribution in [3.05, 3.63) is 234 Å². The molecule has 3 heteroatoms. The molecule has 0 N–H and O–H groups in total. The van der Waals surface area contributed by atoms with Gasteiger partial charge in [0, 0.05) is 50.3 Å². The van der Waals surface area contributed by atoms with Crippen molar-refractivity contribution in [1.82, 2.24) is 4.57 Å². The van der Waals surface area contributed by atoms with Crippen LogP contribution in [0.3, 0.4) is 0 Å². The number of para-hydroxylation sites is 3. The molecule has 1 atom stereocenters. The summed E-state index contributed by atoms with van der Waals surface area (Å²) in [5, 5.41) is 5.02. The van der Waals surface area contributed by atoms with Crippen molar-refractivity contribution in [2.24, 2.45) is 0 Å². The van der Waals surface area contributed by atoms with Crippen LogP contribution in [-0.4, -0.2) is 4.57 Å². The quantitative estimate of drug-likeness (QED) is 0.159. The fourth-order valence-corrected chi connectivity index (χ4v) is 10.6. The van der Waals surface area contributed by atoms with Gasteiger partial charge in [0.1, 0.15) is 0 Å². The largest absolute Gasteiger partial charge is 0.314 e. The van der Waals surface area contributed by atoms with Crippen molar-refractivity contribution in [2.45, 2.75) is 38.5 Å². The first-order valence-corrected chi connectivity index (χ1v) is 22.2. The molecule has 302 valence electrons. The van der Waals surface area contributed by atoms with E-state index in [4.69, 9.17) is 0 Å². The summed E-state index contributed by atoms with van der Waals surface area (Å²) in [6.07, 6.45) is 3.37. The smallest absolute Gasteiger partial charge is 0.0583 e. The van der Waals surface area contributed by atoms with Gasteiger partial charge >= 0.3 is 0 Å². The highest BCUT2D eigenvalue weighted by Gasteiger charge is 2.36. The first-order chi connectivity index (χ1) is 30.9. The zero-order valence-electron chi connectivity index (χ0n) is 35.8. The summed E-state index contributed by atoms with van der Waals surface area (Å²) in [5.41, 5.74) is 18.4. The number of aromatic nitrogens is 1. The van der Waals surface area contributed by atoms with Crippen LogP contribution < -0.4 is 9.80 Å². The number of rotatable bonds is 7. The van der Waals surface area contributed by atoms with E-state index < -0.39 is 0 Å². The molecule has 63 heavy (non-hydrogen) atoms. The van der Waals surface area contributed by atoms with Crippen LogP contribution in [0.1, 0.15) is 55.4 Å². The zero-order valence-corrected chi connectivity index (χ0v) is 35.8. The number of allylic oxidation sites excluding steroid dienone is 1. The second-order valence-electron chi connectivity index (χ2n) is 17.9. The predicted octanol–water partition coefficient (Wildman–Crippen LogP) is 16.4. The lowest BCUT2D eigenvalue weighted by atomic mass is 9.74. The van der Waals surface area contributed by atoms with Gasteiger partial charge in [-0.15, -0.1) is 0 Å². The van der Waals surface area contributed by atoms with Gasteiger partial charge < -0.3 is 14.4 Å². The molecule has 10 aromatic rings. The summed E-state index contributed by atoms with van der Waals surface area (Å²) in [5.74, 6) is 0.387. The van der Waals surface area contributed by atoms with E-state index in [0.717, 1.165) is 23.5 Å². The van der Waals surface area contributed by atoms with Gasteiger partial charge in [0.25, 0.3) is 0 Å². The lowest BCUT2D eigenvalue weighted by Gasteiger charge is -2.37. The number of hydrogen-bond donors (Lipinski definition) is 0. The van der Waals surface area contributed by atoms with Crippen molar-refractivity contribution >= 4 is 67.1 Å². The summed E-state index contributed by atoms with van der Waals surface area (Å²) < 4.78 is 2.54. The third kappa shape index (κ3) is 6.02. The number of hydrogen-bond acceptors (Lipinski definition) is 2. The Morgan fingerprint density at radius 3 is 1.89 bits per heavy atom. The molecule has 0 saturated heterocycles. The van der Waals surface area contributed by atoms with Crippen LogP contribution in [0.4, 0.5) is 28.4 Å². The van der Waals surface area contributed by atoms with Crippen molar-refractivity contribution in [1.29, 1.82) is 0 Å². The van der Waals surface area contributed by atoms with E-state index in [1.54, 1.807) is 0 Å². The van der Waals surface area contributed by atoms with Crippen LogP contribution in [0.5, 0.6) is 0 Å². The molecule has 1 aliphatic heterocycles. The van der Waals surface area contributed by atoms with Crippen LogP contribution in [0.25, 0.3) is 55.5 Å².